The molecule has 5 heteroatoms. The fourth-order valence-electron chi connectivity index (χ4n) is 3.11. The zero-order valence-corrected chi connectivity index (χ0v) is 14.9. The van der Waals surface area contributed by atoms with Crippen LogP contribution < -0.4 is 5.32 Å². The number of anilines is 1. The molecule has 0 saturated carbocycles. The van der Waals surface area contributed by atoms with Gasteiger partial charge in [0.15, 0.2) is 0 Å². The predicted octanol–water partition coefficient (Wildman–Crippen LogP) is 3.90. The van der Waals surface area contributed by atoms with Crippen molar-refractivity contribution in [3.63, 3.8) is 0 Å². The Hall–Kier alpha value is -1.78. The van der Waals surface area contributed by atoms with Crippen LogP contribution in [0, 0.1) is 0 Å². The summed E-state index contributed by atoms with van der Waals surface area (Å²) in [5.74, 6) is 0. The van der Waals surface area contributed by atoms with Gasteiger partial charge in [-0.2, -0.15) is 0 Å². The first-order valence-corrected chi connectivity index (χ1v) is 8.04. The van der Waals surface area contributed by atoms with Crippen LogP contribution in [-0.2, 0) is 7.05 Å². The number of nitrogens with one attached hydrogen (secondary N) is 1. The van der Waals surface area contributed by atoms with E-state index in [-0.39, 0.29) is 12.4 Å². The Morgan fingerprint density at radius 2 is 1.87 bits per heavy atom. The lowest BCUT2D eigenvalue weighted by Crippen LogP contribution is -2.28. The smallest absolute Gasteiger partial charge is 0.0980 e. The highest BCUT2D eigenvalue weighted by Gasteiger charge is 2.12. The Kier molecular flexibility index (Phi) is 5.85. The SMILES string of the molecule is CCN(CC)CCNc1ccnc2c3ccccc3n(C)c12.Cl. The highest BCUT2D eigenvalue weighted by atomic mass is 35.5. The average Bonchev–Trinajstić information content (AvgIpc) is 2.86. The van der Waals surface area contributed by atoms with Crippen LogP contribution in [0.1, 0.15) is 13.8 Å². The number of rotatable bonds is 6. The van der Waals surface area contributed by atoms with Crippen molar-refractivity contribution >= 4 is 40.0 Å². The first-order valence-electron chi connectivity index (χ1n) is 8.04. The van der Waals surface area contributed by atoms with E-state index < -0.39 is 0 Å². The van der Waals surface area contributed by atoms with Crippen LogP contribution in [0.25, 0.3) is 21.9 Å². The second-order valence-corrected chi connectivity index (χ2v) is 5.59. The van der Waals surface area contributed by atoms with Gasteiger partial charge in [0.1, 0.15) is 0 Å². The maximum Gasteiger partial charge on any atom is 0.0980 e. The molecule has 4 nitrogen and oxygen atoms in total. The summed E-state index contributed by atoms with van der Waals surface area (Å²) in [5, 5.41) is 4.80. The van der Waals surface area contributed by atoms with Crippen LogP contribution in [0.5, 0.6) is 0 Å². The monoisotopic (exact) mass is 332 g/mol. The van der Waals surface area contributed by atoms with E-state index in [9.17, 15) is 0 Å². The fraction of sp³-hybridized carbons (Fsp3) is 0.389. The molecule has 0 aliphatic heterocycles. The summed E-state index contributed by atoms with van der Waals surface area (Å²) >= 11 is 0. The van der Waals surface area contributed by atoms with Gasteiger partial charge in [0.25, 0.3) is 0 Å². The van der Waals surface area contributed by atoms with Gasteiger partial charge in [0.05, 0.1) is 22.2 Å². The molecule has 23 heavy (non-hydrogen) atoms. The second-order valence-electron chi connectivity index (χ2n) is 5.59. The zero-order chi connectivity index (χ0) is 15.5. The number of aromatic nitrogens is 2. The molecule has 3 aromatic rings. The molecule has 124 valence electrons. The minimum absolute atomic E-state index is 0. The summed E-state index contributed by atoms with van der Waals surface area (Å²) in [6.07, 6.45) is 1.90. The number of benzene rings is 1. The predicted molar refractivity (Wildman–Crippen MR) is 102 cm³/mol. The third-order valence-corrected chi connectivity index (χ3v) is 4.42. The summed E-state index contributed by atoms with van der Waals surface area (Å²) in [6.45, 7) is 8.61. The van der Waals surface area contributed by atoms with Crippen molar-refractivity contribution in [2.75, 3.05) is 31.5 Å². The average molecular weight is 333 g/mol. The molecule has 2 heterocycles. The lowest BCUT2D eigenvalue weighted by molar-refractivity contribution is 0.316. The Morgan fingerprint density at radius 3 is 2.61 bits per heavy atom. The van der Waals surface area contributed by atoms with Crippen molar-refractivity contribution in [1.29, 1.82) is 0 Å². The normalized spacial score (nSPS) is 11.1. The van der Waals surface area contributed by atoms with E-state index >= 15 is 0 Å². The molecule has 0 saturated heterocycles. The van der Waals surface area contributed by atoms with E-state index in [0.717, 1.165) is 37.4 Å². The fourth-order valence-corrected chi connectivity index (χ4v) is 3.11. The van der Waals surface area contributed by atoms with Gasteiger partial charge in [-0.15, -0.1) is 12.4 Å². The molecule has 0 unspecified atom stereocenters. The molecular weight excluding hydrogens is 308 g/mol. The molecule has 0 spiro atoms. The topological polar surface area (TPSA) is 33.1 Å². The highest BCUT2D eigenvalue weighted by molar-refractivity contribution is 6.09. The summed E-state index contributed by atoms with van der Waals surface area (Å²) in [4.78, 5) is 7.02. The second kappa shape index (κ2) is 7.66. The summed E-state index contributed by atoms with van der Waals surface area (Å²) in [6, 6.07) is 10.5. The largest absolute Gasteiger partial charge is 0.382 e. The number of fused-ring (bicyclic) bond motifs is 3. The quantitative estimate of drug-likeness (QED) is 0.743. The van der Waals surface area contributed by atoms with Gasteiger partial charge in [-0.25, -0.2) is 0 Å². The van der Waals surface area contributed by atoms with E-state index in [1.165, 1.54) is 16.4 Å². The number of halogens is 1. The Balaban J connectivity index is 0.00000192. The van der Waals surface area contributed by atoms with Crippen LogP contribution in [-0.4, -0.2) is 40.6 Å². The molecule has 0 amide bonds. The number of aryl methyl sites for hydroxylation is 1. The number of para-hydroxylation sites is 1. The number of hydrogen-bond acceptors (Lipinski definition) is 3. The standard InChI is InChI=1S/C18H24N4.ClH/c1-4-22(5-2)13-12-19-15-10-11-20-17-14-8-6-7-9-16(14)21(3)18(15)17;/h6-11H,4-5,12-13H2,1-3H3,(H,19,20);1H. The first kappa shape index (κ1) is 17.6. The molecule has 1 aromatic carbocycles. The van der Waals surface area contributed by atoms with Crippen LogP contribution in [0.3, 0.4) is 0 Å². The molecule has 2 aromatic heterocycles. The van der Waals surface area contributed by atoms with Gasteiger partial charge < -0.3 is 14.8 Å². The minimum atomic E-state index is 0. The van der Waals surface area contributed by atoms with Gasteiger partial charge in [0.2, 0.25) is 0 Å². The molecule has 3 rings (SSSR count). The Labute approximate surface area is 143 Å². The first-order chi connectivity index (χ1) is 10.8. The van der Waals surface area contributed by atoms with Crippen molar-refractivity contribution in [1.82, 2.24) is 14.5 Å². The number of hydrogen-bond donors (Lipinski definition) is 1. The Morgan fingerprint density at radius 1 is 1.13 bits per heavy atom. The lowest BCUT2D eigenvalue weighted by Gasteiger charge is -2.18. The van der Waals surface area contributed by atoms with Crippen LogP contribution >= 0.6 is 12.4 Å². The summed E-state index contributed by atoms with van der Waals surface area (Å²) in [5.41, 5.74) is 4.65. The molecule has 0 fully saturated rings. The van der Waals surface area contributed by atoms with Gasteiger partial charge in [0, 0.05) is 31.7 Å². The van der Waals surface area contributed by atoms with E-state index in [2.05, 4.69) is 71.0 Å². The van der Waals surface area contributed by atoms with Crippen molar-refractivity contribution in [3.05, 3.63) is 36.5 Å². The molecule has 1 N–H and O–H groups in total. The van der Waals surface area contributed by atoms with Gasteiger partial charge >= 0.3 is 0 Å². The van der Waals surface area contributed by atoms with E-state index in [1.54, 1.807) is 0 Å². The molecule has 0 aliphatic rings. The van der Waals surface area contributed by atoms with E-state index in [4.69, 9.17) is 0 Å². The summed E-state index contributed by atoms with van der Waals surface area (Å²) in [7, 11) is 2.11. The molecule has 0 bridgehead atoms. The van der Waals surface area contributed by atoms with Crippen molar-refractivity contribution < 1.29 is 0 Å². The maximum absolute atomic E-state index is 4.60. The lowest BCUT2D eigenvalue weighted by atomic mass is 10.2. The van der Waals surface area contributed by atoms with Crippen molar-refractivity contribution in [3.8, 4) is 0 Å². The minimum Gasteiger partial charge on any atom is -0.382 e. The van der Waals surface area contributed by atoms with Crippen molar-refractivity contribution in [2.24, 2.45) is 7.05 Å². The van der Waals surface area contributed by atoms with Gasteiger partial charge in [-0.3, -0.25) is 4.98 Å². The van der Waals surface area contributed by atoms with E-state index in [0.29, 0.717) is 0 Å². The van der Waals surface area contributed by atoms with Gasteiger partial charge in [-0.05, 0) is 25.2 Å². The maximum atomic E-state index is 4.60. The highest BCUT2D eigenvalue weighted by Crippen LogP contribution is 2.30. The molecule has 0 aliphatic carbocycles. The molecule has 0 radical (unpaired) electrons. The van der Waals surface area contributed by atoms with Gasteiger partial charge in [-0.1, -0.05) is 32.0 Å². The van der Waals surface area contributed by atoms with E-state index in [1.807, 2.05) is 6.20 Å². The third-order valence-electron chi connectivity index (χ3n) is 4.42. The van der Waals surface area contributed by atoms with Crippen LogP contribution in [0.15, 0.2) is 36.5 Å². The number of nitrogens with zero attached hydrogens (tertiary/aromatic N) is 3. The van der Waals surface area contributed by atoms with Crippen LogP contribution in [0.4, 0.5) is 5.69 Å². The third kappa shape index (κ3) is 3.28. The zero-order valence-electron chi connectivity index (χ0n) is 14.0. The number of likely N-dealkylation sites (N-methyl/N-ethyl adjacent to an activating group) is 1. The van der Waals surface area contributed by atoms with Crippen LogP contribution in [0.2, 0.25) is 0 Å². The summed E-state index contributed by atoms with van der Waals surface area (Å²) < 4.78 is 2.23. The molecular formula is C18H25ClN4. The molecule has 0 atom stereocenters. The Bertz CT molecular complexity index is 777. The van der Waals surface area contributed by atoms with Crippen molar-refractivity contribution in [2.45, 2.75) is 13.8 Å². The number of pyridine rings is 1.